The summed E-state index contributed by atoms with van der Waals surface area (Å²) < 4.78 is 0. The van der Waals surface area contributed by atoms with Crippen molar-refractivity contribution in [3.05, 3.63) is 93.7 Å². The van der Waals surface area contributed by atoms with Gasteiger partial charge in [0.25, 0.3) is 11.8 Å². The standard InChI is InChI=1S/C23H19Cl2N3O2/c24-18-4-1-3-15(13-18)21(29)27-19-8-6-17(7-9-19)23(11-2-12-23)28-22(30)16-5-10-20(25)26-14-16/h1,3-10,13-14H,2,11-12H2,(H,27,29)(H,28,30). The smallest absolute Gasteiger partial charge is 0.255 e. The Balaban J connectivity index is 1.47. The third-order valence-corrected chi connectivity index (χ3v) is 5.79. The van der Waals surface area contributed by atoms with E-state index in [2.05, 4.69) is 15.6 Å². The molecule has 1 heterocycles. The number of hydrogen-bond acceptors (Lipinski definition) is 3. The SMILES string of the molecule is O=C(Nc1ccc(C2(NC(=O)c3ccc(Cl)nc3)CCC2)cc1)c1cccc(Cl)c1. The van der Waals surface area contributed by atoms with Gasteiger partial charge in [-0.2, -0.15) is 0 Å². The first-order chi connectivity index (χ1) is 14.4. The summed E-state index contributed by atoms with van der Waals surface area (Å²) in [5.74, 6) is -0.413. The van der Waals surface area contributed by atoms with Gasteiger partial charge in [-0.3, -0.25) is 9.59 Å². The summed E-state index contributed by atoms with van der Waals surface area (Å²) in [6.45, 7) is 0. The lowest BCUT2D eigenvalue weighted by molar-refractivity contribution is 0.0823. The Labute approximate surface area is 184 Å². The molecule has 2 aromatic carbocycles. The van der Waals surface area contributed by atoms with Crippen LogP contribution in [-0.2, 0) is 5.54 Å². The van der Waals surface area contributed by atoms with Crippen LogP contribution >= 0.6 is 23.2 Å². The molecule has 0 spiro atoms. The fraction of sp³-hybridized carbons (Fsp3) is 0.174. The number of carbonyl (C=O) groups excluding carboxylic acids is 2. The average Bonchev–Trinajstić information content (AvgIpc) is 2.72. The largest absolute Gasteiger partial charge is 0.342 e. The summed E-state index contributed by atoms with van der Waals surface area (Å²) in [6, 6.07) is 17.6. The quantitative estimate of drug-likeness (QED) is 0.519. The molecule has 2 N–H and O–H groups in total. The van der Waals surface area contributed by atoms with Crippen LogP contribution in [-0.4, -0.2) is 16.8 Å². The molecule has 2 amide bonds. The van der Waals surface area contributed by atoms with Gasteiger partial charge in [0.2, 0.25) is 0 Å². The average molecular weight is 440 g/mol. The van der Waals surface area contributed by atoms with Gasteiger partial charge in [0, 0.05) is 22.5 Å². The minimum atomic E-state index is -0.411. The van der Waals surface area contributed by atoms with Crippen LogP contribution in [0.25, 0.3) is 0 Å². The molecule has 1 fully saturated rings. The summed E-state index contributed by atoms with van der Waals surface area (Å²) in [7, 11) is 0. The number of amides is 2. The fourth-order valence-electron chi connectivity index (χ4n) is 3.52. The number of hydrogen-bond donors (Lipinski definition) is 2. The molecule has 0 saturated heterocycles. The molecule has 1 saturated carbocycles. The van der Waals surface area contributed by atoms with Gasteiger partial charge in [-0.1, -0.05) is 41.4 Å². The van der Waals surface area contributed by atoms with Crippen LogP contribution in [0.4, 0.5) is 5.69 Å². The summed E-state index contributed by atoms with van der Waals surface area (Å²) >= 11 is 11.8. The van der Waals surface area contributed by atoms with Crippen molar-refractivity contribution in [1.82, 2.24) is 10.3 Å². The number of benzene rings is 2. The highest BCUT2D eigenvalue weighted by Crippen LogP contribution is 2.41. The molecule has 5 nitrogen and oxygen atoms in total. The molecule has 0 radical (unpaired) electrons. The van der Waals surface area contributed by atoms with Crippen molar-refractivity contribution in [2.75, 3.05) is 5.32 Å². The van der Waals surface area contributed by atoms with Gasteiger partial charge in [0.05, 0.1) is 11.1 Å². The van der Waals surface area contributed by atoms with Gasteiger partial charge < -0.3 is 10.6 Å². The predicted octanol–water partition coefficient (Wildman–Crippen LogP) is 5.45. The van der Waals surface area contributed by atoms with Crippen LogP contribution in [0.15, 0.2) is 66.9 Å². The second-order valence-corrected chi connectivity index (χ2v) is 8.12. The van der Waals surface area contributed by atoms with Crippen molar-refractivity contribution in [3.8, 4) is 0 Å². The monoisotopic (exact) mass is 439 g/mol. The summed E-state index contributed by atoms with van der Waals surface area (Å²) in [5.41, 5.74) is 2.23. The molecular weight excluding hydrogens is 421 g/mol. The highest BCUT2D eigenvalue weighted by molar-refractivity contribution is 6.31. The molecule has 0 unspecified atom stereocenters. The molecule has 1 aliphatic carbocycles. The Hall–Kier alpha value is -2.89. The normalized spacial score (nSPS) is 14.5. The van der Waals surface area contributed by atoms with E-state index in [0.717, 1.165) is 24.8 Å². The molecule has 7 heteroatoms. The number of aromatic nitrogens is 1. The third kappa shape index (κ3) is 4.32. The second-order valence-electron chi connectivity index (χ2n) is 7.30. The lowest BCUT2D eigenvalue weighted by Crippen LogP contribution is -2.50. The molecule has 0 aliphatic heterocycles. The lowest BCUT2D eigenvalue weighted by atomic mass is 9.71. The Morgan fingerprint density at radius 3 is 2.27 bits per heavy atom. The van der Waals surface area contributed by atoms with Crippen molar-refractivity contribution in [1.29, 1.82) is 0 Å². The Bertz CT molecular complexity index is 1080. The lowest BCUT2D eigenvalue weighted by Gasteiger charge is -2.43. The Kier molecular flexibility index (Phi) is 5.75. The molecule has 3 aromatic rings. The maximum Gasteiger partial charge on any atom is 0.255 e. The predicted molar refractivity (Wildman–Crippen MR) is 118 cm³/mol. The Morgan fingerprint density at radius 1 is 0.900 bits per heavy atom. The molecule has 30 heavy (non-hydrogen) atoms. The van der Waals surface area contributed by atoms with E-state index >= 15 is 0 Å². The topological polar surface area (TPSA) is 71.1 Å². The molecule has 0 bridgehead atoms. The van der Waals surface area contributed by atoms with Crippen molar-refractivity contribution in [3.63, 3.8) is 0 Å². The number of rotatable bonds is 5. The van der Waals surface area contributed by atoms with Crippen LogP contribution < -0.4 is 10.6 Å². The molecule has 4 rings (SSSR count). The number of nitrogens with one attached hydrogen (secondary N) is 2. The van der Waals surface area contributed by atoms with Crippen LogP contribution in [0.5, 0.6) is 0 Å². The van der Waals surface area contributed by atoms with E-state index in [1.165, 1.54) is 6.20 Å². The number of halogens is 2. The number of pyridine rings is 1. The first-order valence-electron chi connectivity index (χ1n) is 9.57. The van der Waals surface area contributed by atoms with Crippen LogP contribution in [0, 0.1) is 0 Å². The van der Waals surface area contributed by atoms with Gasteiger partial charge in [-0.15, -0.1) is 0 Å². The van der Waals surface area contributed by atoms with E-state index in [4.69, 9.17) is 23.2 Å². The zero-order valence-electron chi connectivity index (χ0n) is 16.0. The van der Waals surface area contributed by atoms with E-state index in [1.54, 1.807) is 36.4 Å². The number of nitrogens with zero attached hydrogens (tertiary/aromatic N) is 1. The van der Waals surface area contributed by atoms with Crippen LogP contribution in [0.3, 0.4) is 0 Å². The van der Waals surface area contributed by atoms with Gasteiger partial charge >= 0.3 is 0 Å². The Morgan fingerprint density at radius 2 is 1.67 bits per heavy atom. The molecule has 152 valence electrons. The first kappa shape index (κ1) is 20.4. The van der Waals surface area contributed by atoms with Gasteiger partial charge in [0.1, 0.15) is 5.15 Å². The molecular formula is C23H19Cl2N3O2. The van der Waals surface area contributed by atoms with Crippen LogP contribution in [0.1, 0.15) is 45.5 Å². The number of anilines is 1. The maximum atomic E-state index is 12.7. The zero-order chi connectivity index (χ0) is 21.1. The van der Waals surface area contributed by atoms with E-state index in [-0.39, 0.29) is 11.8 Å². The van der Waals surface area contributed by atoms with Crippen molar-refractivity contribution in [2.24, 2.45) is 0 Å². The minimum absolute atomic E-state index is 0.183. The zero-order valence-corrected chi connectivity index (χ0v) is 17.5. The van der Waals surface area contributed by atoms with Crippen molar-refractivity contribution >= 4 is 40.7 Å². The first-order valence-corrected chi connectivity index (χ1v) is 10.3. The second kappa shape index (κ2) is 8.46. The van der Waals surface area contributed by atoms with Gasteiger partial charge in [0.15, 0.2) is 0 Å². The maximum absolute atomic E-state index is 12.7. The van der Waals surface area contributed by atoms with Crippen LogP contribution in [0.2, 0.25) is 10.2 Å². The summed E-state index contributed by atoms with van der Waals surface area (Å²) in [4.78, 5) is 29.0. The van der Waals surface area contributed by atoms with Crippen molar-refractivity contribution < 1.29 is 9.59 Å². The van der Waals surface area contributed by atoms with E-state index in [0.29, 0.717) is 27.0 Å². The third-order valence-electron chi connectivity index (χ3n) is 5.33. The number of carbonyl (C=O) groups is 2. The summed E-state index contributed by atoms with van der Waals surface area (Å²) in [5, 5.41) is 6.87. The van der Waals surface area contributed by atoms with Gasteiger partial charge in [-0.25, -0.2) is 4.98 Å². The summed E-state index contributed by atoms with van der Waals surface area (Å²) in [6.07, 6.45) is 4.22. The highest BCUT2D eigenvalue weighted by Gasteiger charge is 2.40. The van der Waals surface area contributed by atoms with E-state index in [9.17, 15) is 9.59 Å². The highest BCUT2D eigenvalue weighted by atomic mass is 35.5. The molecule has 1 aromatic heterocycles. The minimum Gasteiger partial charge on any atom is -0.342 e. The van der Waals surface area contributed by atoms with Gasteiger partial charge in [-0.05, 0) is 67.3 Å². The molecule has 0 atom stereocenters. The fourth-order valence-corrected chi connectivity index (χ4v) is 3.82. The van der Waals surface area contributed by atoms with E-state index < -0.39 is 5.54 Å². The van der Waals surface area contributed by atoms with Crippen molar-refractivity contribution in [2.45, 2.75) is 24.8 Å². The molecule has 1 aliphatic rings. The van der Waals surface area contributed by atoms with E-state index in [1.807, 2.05) is 24.3 Å².